The van der Waals surface area contributed by atoms with Crippen LogP contribution in [0.5, 0.6) is 0 Å². The van der Waals surface area contributed by atoms with E-state index in [9.17, 15) is 0 Å². The Labute approximate surface area is 94.9 Å². The minimum absolute atomic E-state index is 0.0863. The summed E-state index contributed by atoms with van der Waals surface area (Å²) < 4.78 is 0. The number of nitrogens with two attached hydrogens (primary N) is 1. The van der Waals surface area contributed by atoms with Crippen LogP contribution in [0, 0.1) is 0 Å². The SMILES string of the molecule is N[C@@H](CCCO)c1ccc2ccccc2n1. The molecule has 3 heteroatoms. The molecular formula is C13H16N2O. The van der Waals surface area contributed by atoms with Crippen molar-refractivity contribution in [3.63, 3.8) is 0 Å². The summed E-state index contributed by atoms with van der Waals surface area (Å²) in [5.74, 6) is 0. The van der Waals surface area contributed by atoms with Gasteiger partial charge in [-0.2, -0.15) is 0 Å². The van der Waals surface area contributed by atoms with Gasteiger partial charge in [0.15, 0.2) is 0 Å². The highest BCUT2D eigenvalue weighted by atomic mass is 16.2. The predicted molar refractivity (Wildman–Crippen MR) is 65.0 cm³/mol. The fourth-order valence-electron chi connectivity index (χ4n) is 1.75. The molecule has 0 saturated heterocycles. The molecule has 16 heavy (non-hydrogen) atoms. The number of hydrogen-bond acceptors (Lipinski definition) is 3. The normalized spacial score (nSPS) is 12.9. The smallest absolute Gasteiger partial charge is 0.0706 e. The van der Waals surface area contributed by atoms with Gasteiger partial charge in [-0.15, -0.1) is 0 Å². The Balaban J connectivity index is 2.25. The summed E-state index contributed by atoms with van der Waals surface area (Å²) in [4.78, 5) is 4.52. The molecule has 0 spiro atoms. The maximum absolute atomic E-state index is 8.76. The number of aromatic nitrogens is 1. The van der Waals surface area contributed by atoms with Gasteiger partial charge in [-0.1, -0.05) is 24.3 Å². The minimum atomic E-state index is -0.0863. The summed E-state index contributed by atoms with van der Waals surface area (Å²) in [6.45, 7) is 0.182. The van der Waals surface area contributed by atoms with Gasteiger partial charge in [0.2, 0.25) is 0 Å². The second kappa shape index (κ2) is 5.05. The molecule has 2 aromatic rings. The fourth-order valence-corrected chi connectivity index (χ4v) is 1.75. The highest BCUT2D eigenvalue weighted by molar-refractivity contribution is 5.78. The van der Waals surface area contributed by atoms with Crippen LogP contribution in [0.3, 0.4) is 0 Å². The Hall–Kier alpha value is -1.45. The van der Waals surface area contributed by atoms with Crippen LogP contribution in [0.25, 0.3) is 10.9 Å². The lowest BCUT2D eigenvalue weighted by Crippen LogP contribution is -2.12. The molecule has 0 fully saturated rings. The molecule has 0 bridgehead atoms. The van der Waals surface area contributed by atoms with Crippen molar-refractivity contribution in [3.8, 4) is 0 Å². The largest absolute Gasteiger partial charge is 0.396 e. The van der Waals surface area contributed by atoms with Crippen LogP contribution < -0.4 is 5.73 Å². The second-order valence-corrected chi connectivity index (χ2v) is 3.90. The molecule has 1 aromatic carbocycles. The first-order valence-corrected chi connectivity index (χ1v) is 5.53. The molecule has 1 aromatic heterocycles. The predicted octanol–water partition coefficient (Wildman–Crippen LogP) is 2.01. The number of hydrogen-bond donors (Lipinski definition) is 2. The first kappa shape index (κ1) is 11.0. The number of aliphatic hydroxyl groups excluding tert-OH is 1. The molecule has 0 amide bonds. The maximum atomic E-state index is 8.76. The number of nitrogens with zero attached hydrogens (tertiary/aromatic N) is 1. The fraction of sp³-hybridized carbons (Fsp3) is 0.308. The third-order valence-corrected chi connectivity index (χ3v) is 2.67. The van der Waals surface area contributed by atoms with Gasteiger partial charge >= 0.3 is 0 Å². The quantitative estimate of drug-likeness (QED) is 0.821. The van der Waals surface area contributed by atoms with Crippen LogP contribution >= 0.6 is 0 Å². The van der Waals surface area contributed by atoms with Gasteiger partial charge in [0, 0.05) is 18.0 Å². The van der Waals surface area contributed by atoms with Gasteiger partial charge in [-0.3, -0.25) is 4.98 Å². The zero-order chi connectivity index (χ0) is 11.4. The first-order valence-electron chi connectivity index (χ1n) is 5.53. The van der Waals surface area contributed by atoms with Crippen LogP contribution in [0.2, 0.25) is 0 Å². The van der Waals surface area contributed by atoms with Crippen LogP contribution in [0.1, 0.15) is 24.6 Å². The van der Waals surface area contributed by atoms with Crippen molar-refractivity contribution < 1.29 is 5.11 Å². The topological polar surface area (TPSA) is 59.1 Å². The molecule has 2 rings (SSSR count). The molecule has 84 valence electrons. The van der Waals surface area contributed by atoms with Gasteiger partial charge in [-0.25, -0.2) is 0 Å². The lowest BCUT2D eigenvalue weighted by molar-refractivity contribution is 0.279. The van der Waals surface area contributed by atoms with Crippen molar-refractivity contribution in [2.24, 2.45) is 5.73 Å². The summed E-state index contributed by atoms with van der Waals surface area (Å²) in [7, 11) is 0. The Kier molecular flexibility index (Phi) is 3.49. The van der Waals surface area contributed by atoms with Crippen molar-refractivity contribution in [1.29, 1.82) is 0 Å². The summed E-state index contributed by atoms with van der Waals surface area (Å²) >= 11 is 0. The monoisotopic (exact) mass is 216 g/mol. The Bertz CT molecular complexity index is 470. The number of pyridine rings is 1. The van der Waals surface area contributed by atoms with Gasteiger partial charge < -0.3 is 10.8 Å². The summed E-state index contributed by atoms with van der Waals surface area (Å²) in [6, 6.07) is 11.9. The maximum Gasteiger partial charge on any atom is 0.0706 e. The van der Waals surface area contributed by atoms with E-state index < -0.39 is 0 Å². The van der Waals surface area contributed by atoms with E-state index in [-0.39, 0.29) is 12.6 Å². The summed E-state index contributed by atoms with van der Waals surface area (Å²) in [5.41, 5.74) is 7.87. The Morgan fingerprint density at radius 3 is 2.81 bits per heavy atom. The van der Waals surface area contributed by atoms with E-state index in [2.05, 4.69) is 4.98 Å². The summed E-state index contributed by atoms with van der Waals surface area (Å²) in [5, 5.41) is 9.88. The van der Waals surface area contributed by atoms with Crippen molar-refractivity contribution >= 4 is 10.9 Å². The van der Waals surface area contributed by atoms with Gasteiger partial charge in [0.25, 0.3) is 0 Å². The highest BCUT2D eigenvalue weighted by Gasteiger charge is 2.07. The average molecular weight is 216 g/mol. The Morgan fingerprint density at radius 1 is 1.19 bits per heavy atom. The van der Waals surface area contributed by atoms with E-state index in [4.69, 9.17) is 10.8 Å². The third kappa shape index (κ3) is 2.38. The molecule has 1 atom stereocenters. The molecule has 3 nitrogen and oxygen atoms in total. The van der Waals surface area contributed by atoms with E-state index in [1.807, 2.05) is 36.4 Å². The Morgan fingerprint density at radius 2 is 2.00 bits per heavy atom. The minimum Gasteiger partial charge on any atom is -0.396 e. The van der Waals surface area contributed by atoms with E-state index in [0.29, 0.717) is 0 Å². The first-order chi connectivity index (χ1) is 7.81. The number of para-hydroxylation sites is 1. The standard InChI is InChI=1S/C13H16N2O/c14-11(5-3-9-16)13-8-7-10-4-1-2-6-12(10)15-13/h1-2,4,6-8,11,16H,3,5,9,14H2/t11-/m0/s1. The van der Waals surface area contributed by atoms with E-state index >= 15 is 0 Å². The number of benzene rings is 1. The van der Waals surface area contributed by atoms with Crippen molar-refractivity contribution in [2.75, 3.05) is 6.61 Å². The molecule has 0 aliphatic carbocycles. The van der Waals surface area contributed by atoms with E-state index in [1.54, 1.807) is 0 Å². The lowest BCUT2D eigenvalue weighted by Gasteiger charge is -2.10. The van der Waals surface area contributed by atoms with Gasteiger partial charge in [0.1, 0.15) is 0 Å². The molecule has 0 aliphatic rings. The number of fused-ring (bicyclic) bond motifs is 1. The average Bonchev–Trinajstić information content (AvgIpc) is 2.35. The number of rotatable bonds is 4. The molecule has 3 N–H and O–H groups in total. The van der Waals surface area contributed by atoms with E-state index in [1.165, 1.54) is 0 Å². The van der Waals surface area contributed by atoms with Gasteiger partial charge in [0.05, 0.1) is 11.2 Å². The summed E-state index contributed by atoms with van der Waals surface area (Å²) in [6.07, 6.45) is 1.48. The third-order valence-electron chi connectivity index (χ3n) is 2.67. The number of aliphatic hydroxyl groups is 1. The van der Waals surface area contributed by atoms with Gasteiger partial charge in [-0.05, 0) is 25.0 Å². The molecule has 0 radical (unpaired) electrons. The van der Waals surface area contributed by atoms with E-state index in [0.717, 1.165) is 29.4 Å². The molecule has 0 aliphatic heterocycles. The van der Waals surface area contributed by atoms with Crippen molar-refractivity contribution in [3.05, 3.63) is 42.1 Å². The highest BCUT2D eigenvalue weighted by Crippen LogP contribution is 2.17. The molecule has 0 unspecified atom stereocenters. The van der Waals surface area contributed by atoms with Crippen molar-refractivity contribution in [1.82, 2.24) is 4.98 Å². The van der Waals surface area contributed by atoms with Crippen LogP contribution in [0.4, 0.5) is 0 Å². The zero-order valence-corrected chi connectivity index (χ0v) is 9.13. The van der Waals surface area contributed by atoms with Crippen LogP contribution in [-0.2, 0) is 0 Å². The lowest BCUT2D eigenvalue weighted by atomic mass is 10.1. The molecular weight excluding hydrogens is 200 g/mol. The van der Waals surface area contributed by atoms with Crippen LogP contribution in [-0.4, -0.2) is 16.7 Å². The zero-order valence-electron chi connectivity index (χ0n) is 9.13. The van der Waals surface area contributed by atoms with Crippen LogP contribution in [0.15, 0.2) is 36.4 Å². The molecule has 1 heterocycles. The molecule has 0 saturated carbocycles. The second-order valence-electron chi connectivity index (χ2n) is 3.90. The van der Waals surface area contributed by atoms with Crippen molar-refractivity contribution in [2.45, 2.75) is 18.9 Å².